The smallest absolute Gasteiger partial charge is 0.254 e. The molecule has 1 fully saturated rings. The van der Waals surface area contributed by atoms with Crippen LogP contribution in [0.15, 0.2) is 41.1 Å². The van der Waals surface area contributed by atoms with Gasteiger partial charge in [-0.25, -0.2) is 0 Å². The number of nitrogen functional groups attached to an aromatic ring is 1. The van der Waals surface area contributed by atoms with Crippen LogP contribution in [0.1, 0.15) is 22.3 Å². The maximum Gasteiger partial charge on any atom is 0.254 e. The highest BCUT2D eigenvalue weighted by Gasteiger charge is 2.20. The first-order valence-electron chi connectivity index (χ1n) is 7.60. The SMILES string of the molecule is Nc1cccc(CN2CCCN(C(=O)c3ccsc3)CC2)c1. The van der Waals surface area contributed by atoms with Gasteiger partial charge in [0.25, 0.3) is 5.91 Å². The van der Waals surface area contributed by atoms with Crippen molar-refractivity contribution in [1.29, 1.82) is 0 Å². The van der Waals surface area contributed by atoms with Gasteiger partial charge < -0.3 is 10.6 Å². The average Bonchev–Trinajstić information content (AvgIpc) is 2.94. The molecular formula is C17H21N3OS. The molecule has 0 spiro atoms. The molecule has 2 aromatic rings. The molecule has 1 aromatic carbocycles. The van der Waals surface area contributed by atoms with Gasteiger partial charge in [-0.15, -0.1) is 0 Å². The molecule has 3 rings (SSSR count). The van der Waals surface area contributed by atoms with E-state index in [1.54, 1.807) is 11.3 Å². The molecule has 2 N–H and O–H groups in total. The lowest BCUT2D eigenvalue weighted by atomic mass is 10.2. The average molecular weight is 315 g/mol. The summed E-state index contributed by atoms with van der Waals surface area (Å²) in [4.78, 5) is 16.8. The van der Waals surface area contributed by atoms with E-state index < -0.39 is 0 Å². The molecule has 1 saturated heterocycles. The van der Waals surface area contributed by atoms with Gasteiger partial charge in [0.05, 0.1) is 5.56 Å². The predicted octanol–water partition coefficient (Wildman–Crippen LogP) is 2.68. The fourth-order valence-electron chi connectivity index (χ4n) is 2.85. The topological polar surface area (TPSA) is 49.6 Å². The van der Waals surface area contributed by atoms with E-state index in [4.69, 9.17) is 5.73 Å². The number of carbonyl (C=O) groups excluding carboxylic acids is 1. The highest BCUT2D eigenvalue weighted by molar-refractivity contribution is 7.08. The lowest BCUT2D eigenvalue weighted by Gasteiger charge is -2.22. The number of anilines is 1. The molecule has 0 radical (unpaired) electrons. The fraction of sp³-hybridized carbons (Fsp3) is 0.353. The molecule has 0 bridgehead atoms. The second kappa shape index (κ2) is 6.94. The van der Waals surface area contributed by atoms with Crippen LogP contribution in [0, 0.1) is 0 Å². The summed E-state index contributed by atoms with van der Waals surface area (Å²) >= 11 is 1.57. The summed E-state index contributed by atoms with van der Waals surface area (Å²) in [5, 5.41) is 3.88. The van der Waals surface area contributed by atoms with Crippen LogP contribution < -0.4 is 5.73 Å². The zero-order valence-electron chi connectivity index (χ0n) is 12.6. The lowest BCUT2D eigenvalue weighted by molar-refractivity contribution is 0.0761. The number of thiophene rings is 1. The Balaban J connectivity index is 1.59. The summed E-state index contributed by atoms with van der Waals surface area (Å²) in [6, 6.07) is 9.94. The summed E-state index contributed by atoms with van der Waals surface area (Å²) in [6.45, 7) is 4.44. The van der Waals surface area contributed by atoms with Crippen molar-refractivity contribution in [3.05, 3.63) is 52.2 Å². The van der Waals surface area contributed by atoms with Crippen LogP contribution in [0.5, 0.6) is 0 Å². The number of carbonyl (C=O) groups is 1. The molecule has 1 aliphatic heterocycles. The Hall–Kier alpha value is -1.85. The Kier molecular flexibility index (Phi) is 4.75. The van der Waals surface area contributed by atoms with Gasteiger partial charge in [0.2, 0.25) is 0 Å². The van der Waals surface area contributed by atoms with Crippen molar-refractivity contribution in [2.24, 2.45) is 0 Å². The molecule has 22 heavy (non-hydrogen) atoms. The van der Waals surface area contributed by atoms with Gasteiger partial charge in [-0.05, 0) is 35.6 Å². The molecule has 2 heterocycles. The zero-order valence-corrected chi connectivity index (χ0v) is 13.4. The van der Waals surface area contributed by atoms with Crippen LogP contribution in [0.4, 0.5) is 5.69 Å². The van der Waals surface area contributed by atoms with Crippen LogP contribution in [0.25, 0.3) is 0 Å². The van der Waals surface area contributed by atoms with E-state index in [2.05, 4.69) is 11.0 Å². The van der Waals surface area contributed by atoms with E-state index >= 15 is 0 Å². The quantitative estimate of drug-likeness (QED) is 0.886. The Morgan fingerprint density at radius 1 is 1.18 bits per heavy atom. The van der Waals surface area contributed by atoms with Crippen molar-refractivity contribution in [2.45, 2.75) is 13.0 Å². The first-order valence-corrected chi connectivity index (χ1v) is 8.55. The Morgan fingerprint density at radius 3 is 2.86 bits per heavy atom. The molecule has 1 aliphatic rings. The standard InChI is InChI=1S/C17H21N3OS/c18-16-4-1-3-14(11-16)12-19-6-2-7-20(9-8-19)17(21)15-5-10-22-13-15/h1,3-5,10-11,13H,2,6-9,12,18H2. The third kappa shape index (κ3) is 3.67. The molecular weight excluding hydrogens is 294 g/mol. The van der Waals surface area contributed by atoms with Crippen LogP contribution in [0.3, 0.4) is 0 Å². The van der Waals surface area contributed by atoms with Crippen molar-refractivity contribution >= 4 is 22.9 Å². The molecule has 0 saturated carbocycles. The molecule has 0 atom stereocenters. The minimum absolute atomic E-state index is 0.159. The van der Waals surface area contributed by atoms with Crippen LogP contribution in [0.2, 0.25) is 0 Å². The summed E-state index contributed by atoms with van der Waals surface area (Å²) in [5.41, 5.74) is 8.70. The summed E-state index contributed by atoms with van der Waals surface area (Å²) in [7, 11) is 0. The highest BCUT2D eigenvalue weighted by atomic mass is 32.1. The summed E-state index contributed by atoms with van der Waals surface area (Å²) in [6.07, 6.45) is 1.01. The molecule has 0 aliphatic carbocycles. The third-order valence-corrected chi connectivity index (χ3v) is 4.68. The maximum absolute atomic E-state index is 12.4. The van der Waals surface area contributed by atoms with Gasteiger partial charge >= 0.3 is 0 Å². The first-order chi connectivity index (χ1) is 10.7. The number of hydrogen-bond acceptors (Lipinski definition) is 4. The van der Waals surface area contributed by atoms with Gasteiger partial charge in [0, 0.05) is 43.8 Å². The van der Waals surface area contributed by atoms with Gasteiger partial charge in [-0.3, -0.25) is 9.69 Å². The van der Waals surface area contributed by atoms with Crippen LogP contribution >= 0.6 is 11.3 Å². The predicted molar refractivity (Wildman–Crippen MR) is 91.0 cm³/mol. The van der Waals surface area contributed by atoms with Crippen molar-refractivity contribution in [3.8, 4) is 0 Å². The van der Waals surface area contributed by atoms with E-state index in [0.717, 1.165) is 50.4 Å². The highest BCUT2D eigenvalue weighted by Crippen LogP contribution is 2.14. The number of amides is 1. The summed E-state index contributed by atoms with van der Waals surface area (Å²) in [5.74, 6) is 0.159. The van der Waals surface area contributed by atoms with Crippen molar-refractivity contribution in [1.82, 2.24) is 9.80 Å². The van der Waals surface area contributed by atoms with Gasteiger partial charge in [-0.1, -0.05) is 12.1 Å². The van der Waals surface area contributed by atoms with E-state index in [9.17, 15) is 4.79 Å². The normalized spacial score (nSPS) is 16.5. The van der Waals surface area contributed by atoms with Crippen LogP contribution in [-0.4, -0.2) is 41.9 Å². The molecule has 1 amide bonds. The Bertz CT molecular complexity index is 627. The van der Waals surface area contributed by atoms with Crippen molar-refractivity contribution < 1.29 is 4.79 Å². The zero-order chi connectivity index (χ0) is 15.4. The molecule has 4 nitrogen and oxygen atoms in total. The summed E-state index contributed by atoms with van der Waals surface area (Å²) < 4.78 is 0. The first kappa shape index (κ1) is 15.1. The molecule has 5 heteroatoms. The molecule has 116 valence electrons. The van der Waals surface area contributed by atoms with Crippen molar-refractivity contribution in [3.63, 3.8) is 0 Å². The number of benzene rings is 1. The van der Waals surface area contributed by atoms with E-state index in [1.165, 1.54) is 5.56 Å². The monoisotopic (exact) mass is 315 g/mol. The number of hydrogen-bond donors (Lipinski definition) is 1. The van der Waals surface area contributed by atoms with Gasteiger partial charge in [-0.2, -0.15) is 11.3 Å². The second-order valence-corrected chi connectivity index (χ2v) is 6.46. The van der Waals surface area contributed by atoms with Gasteiger partial charge in [0.15, 0.2) is 0 Å². The van der Waals surface area contributed by atoms with E-state index in [-0.39, 0.29) is 5.91 Å². The Morgan fingerprint density at radius 2 is 2.09 bits per heavy atom. The Labute approximate surface area is 135 Å². The molecule has 1 aromatic heterocycles. The van der Waals surface area contributed by atoms with Crippen LogP contribution in [-0.2, 0) is 6.54 Å². The van der Waals surface area contributed by atoms with Gasteiger partial charge in [0.1, 0.15) is 0 Å². The minimum Gasteiger partial charge on any atom is -0.399 e. The van der Waals surface area contributed by atoms with E-state index in [1.807, 2.05) is 39.9 Å². The van der Waals surface area contributed by atoms with Crippen molar-refractivity contribution in [2.75, 3.05) is 31.9 Å². The molecule has 0 unspecified atom stereocenters. The largest absolute Gasteiger partial charge is 0.399 e. The fourth-order valence-corrected chi connectivity index (χ4v) is 3.48. The van der Waals surface area contributed by atoms with E-state index in [0.29, 0.717) is 0 Å². The number of nitrogens with two attached hydrogens (primary N) is 1. The third-order valence-electron chi connectivity index (χ3n) is 4.00. The number of rotatable bonds is 3. The minimum atomic E-state index is 0.159. The second-order valence-electron chi connectivity index (χ2n) is 5.68. The maximum atomic E-state index is 12.4. The lowest BCUT2D eigenvalue weighted by Crippen LogP contribution is -2.34. The number of nitrogens with zero attached hydrogens (tertiary/aromatic N) is 2.